The molecule has 2 aromatic carbocycles. The van der Waals surface area contributed by atoms with Crippen molar-refractivity contribution in [2.75, 3.05) is 20.2 Å². The Hall–Kier alpha value is -3.12. The van der Waals surface area contributed by atoms with Gasteiger partial charge in [-0.2, -0.15) is 0 Å². The molecule has 1 aliphatic heterocycles. The number of benzene rings is 2. The lowest BCUT2D eigenvalue weighted by atomic mass is 9.93. The Kier molecular flexibility index (Phi) is 5.70. The summed E-state index contributed by atoms with van der Waals surface area (Å²) in [5.74, 6) is 0.396. The molecule has 0 radical (unpaired) electrons. The van der Waals surface area contributed by atoms with E-state index in [0.717, 1.165) is 24.8 Å². The van der Waals surface area contributed by atoms with Crippen molar-refractivity contribution in [1.29, 1.82) is 0 Å². The van der Waals surface area contributed by atoms with Gasteiger partial charge in [0.15, 0.2) is 0 Å². The predicted molar refractivity (Wildman–Crippen MR) is 125 cm³/mol. The average molecular weight is 447 g/mol. The van der Waals surface area contributed by atoms with Crippen LogP contribution in [0.1, 0.15) is 45.2 Å². The Bertz CT molecular complexity index is 1120. The van der Waals surface area contributed by atoms with Gasteiger partial charge in [-0.15, -0.1) is 11.3 Å². The van der Waals surface area contributed by atoms with Crippen molar-refractivity contribution < 1.29 is 14.3 Å². The van der Waals surface area contributed by atoms with E-state index in [-0.39, 0.29) is 30.4 Å². The Morgan fingerprint density at radius 1 is 1.06 bits per heavy atom. The molecule has 2 aliphatic rings. The first-order chi connectivity index (χ1) is 15.7. The van der Waals surface area contributed by atoms with E-state index in [9.17, 15) is 9.59 Å². The highest BCUT2D eigenvalue weighted by Gasteiger charge is 2.38. The van der Waals surface area contributed by atoms with Crippen molar-refractivity contribution in [2.45, 2.75) is 31.3 Å². The number of hydrogen-bond donors (Lipinski definition) is 0. The summed E-state index contributed by atoms with van der Waals surface area (Å²) in [5, 5.41) is 2.11. The van der Waals surface area contributed by atoms with E-state index in [2.05, 4.69) is 23.6 Å². The third-order valence-corrected chi connectivity index (χ3v) is 7.29. The molecule has 164 valence electrons. The summed E-state index contributed by atoms with van der Waals surface area (Å²) in [7, 11) is 1.56. The summed E-state index contributed by atoms with van der Waals surface area (Å²) in [5.41, 5.74) is 2.82. The molecule has 1 atom stereocenters. The van der Waals surface area contributed by atoms with Gasteiger partial charge in [0.2, 0.25) is 5.91 Å². The topological polar surface area (TPSA) is 49.9 Å². The normalized spacial score (nSPS) is 17.5. The van der Waals surface area contributed by atoms with Crippen LogP contribution in [0.25, 0.3) is 0 Å². The fourth-order valence-corrected chi connectivity index (χ4v) is 5.45. The smallest absolute Gasteiger partial charge is 0.258 e. The molecule has 32 heavy (non-hydrogen) atoms. The number of amides is 2. The van der Waals surface area contributed by atoms with Crippen molar-refractivity contribution in [3.8, 4) is 5.75 Å². The second-order valence-corrected chi connectivity index (χ2v) is 9.31. The molecular formula is C26H26N2O3S. The molecule has 0 saturated heterocycles. The van der Waals surface area contributed by atoms with Crippen LogP contribution in [0.15, 0.2) is 66.0 Å². The molecule has 3 aromatic rings. The largest absolute Gasteiger partial charge is 0.496 e. The minimum Gasteiger partial charge on any atom is -0.496 e. The number of methoxy groups -OCH3 is 1. The lowest BCUT2D eigenvalue weighted by Crippen LogP contribution is -2.47. The SMILES string of the molecule is COc1ccccc1C(=O)N(CC(=O)N1CCc2sccc2[C@@H]1c1ccccc1)C1CC1. The number of hydrogen-bond acceptors (Lipinski definition) is 4. The zero-order valence-electron chi connectivity index (χ0n) is 18.1. The molecule has 0 N–H and O–H groups in total. The number of thiophene rings is 1. The highest BCUT2D eigenvalue weighted by molar-refractivity contribution is 7.10. The molecule has 5 rings (SSSR count). The van der Waals surface area contributed by atoms with E-state index in [1.807, 2.05) is 35.2 Å². The van der Waals surface area contributed by atoms with Gasteiger partial charge in [-0.1, -0.05) is 42.5 Å². The minimum absolute atomic E-state index is 0.00847. The van der Waals surface area contributed by atoms with Crippen molar-refractivity contribution in [3.63, 3.8) is 0 Å². The van der Waals surface area contributed by atoms with E-state index in [0.29, 0.717) is 17.9 Å². The highest BCUT2D eigenvalue weighted by Crippen LogP contribution is 2.38. The first kappa shape index (κ1) is 20.8. The van der Waals surface area contributed by atoms with Crippen LogP contribution in [0, 0.1) is 0 Å². The van der Waals surface area contributed by atoms with E-state index < -0.39 is 0 Å². The summed E-state index contributed by atoms with van der Waals surface area (Å²) in [6.45, 7) is 0.748. The van der Waals surface area contributed by atoms with Gasteiger partial charge < -0.3 is 14.5 Å². The van der Waals surface area contributed by atoms with Crippen LogP contribution in [0.5, 0.6) is 5.75 Å². The second kappa shape index (κ2) is 8.79. The molecular weight excluding hydrogens is 420 g/mol. The van der Waals surface area contributed by atoms with Crippen molar-refractivity contribution in [2.24, 2.45) is 0 Å². The van der Waals surface area contributed by atoms with E-state index in [1.54, 1.807) is 35.5 Å². The van der Waals surface area contributed by atoms with E-state index in [1.165, 1.54) is 10.4 Å². The predicted octanol–water partition coefficient (Wildman–Crippen LogP) is 4.54. The monoisotopic (exact) mass is 446 g/mol. The summed E-state index contributed by atoms with van der Waals surface area (Å²) < 4.78 is 5.40. The van der Waals surface area contributed by atoms with Gasteiger partial charge in [-0.05, 0) is 54.0 Å². The second-order valence-electron chi connectivity index (χ2n) is 8.31. The summed E-state index contributed by atoms with van der Waals surface area (Å²) in [6.07, 6.45) is 2.72. The first-order valence-corrected chi connectivity index (χ1v) is 11.9. The van der Waals surface area contributed by atoms with Crippen LogP contribution in [-0.2, 0) is 11.2 Å². The molecule has 1 saturated carbocycles. The molecule has 1 fully saturated rings. The number of para-hydroxylation sites is 1. The van der Waals surface area contributed by atoms with Crippen molar-refractivity contribution in [3.05, 3.63) is 87.6 Å². The summed E-state index contributed by atoms with van der Waals surface area (Å²) >= 11 is 1.76. The molecule has 0 unspecified atom stereocenters. The fraction of sp³-hybridized carbons (Fsp3) is 0.308. The molecule has 0 spiro atoms. The van der Waals surface area contributed by atoms with Crippen LogP contribution >= 0.6 is 11.3 Å². The molecule has 1 aliphatic carbocycles. The number of carbonyl (C=O) groups excluding carboxylic acids is 2. The van der Waals surface area contributed by atoms with Crippen LogP contribution in [0.3, 0.4) is 0 Å². The van der Waals surface area contributed by atoms with Gasteiger partial charge in [-0.25, -0.2) is 0 Å². The number of fused-ring (bicyclic) bond motifs is 1. The number of nitrogens with zero attached hydrogens (tertiary/aromatic N) is 2. The van der Waals surface area contributed by atoms with Gasteiger partial charge in [0.05, 0.1) is 18.7 Å². The molecule has 0 bridgehead atoms. The lowest BCUT2D eigenvalue weighted by Gasteiger charge is -2.37. The Labute approximate surface area is 192 Å². The van der Waals surface area contributed by atoms with E-state index >= 15 is 0 Å². The minimum atomic E-state index is -0.136. The molecule has 5 nitrogen and oxygen atoms in total. The lowest BCUT2D eigenvalue weighted by molar-refractivity contribution is -0.134. The summed E-state index contributed by atoms with van der Waals surface area (Å²) in [4.78, 5) is 32.1. The summed E-state index contributed by atoms with van der Waals surface area (Å²) in [6, 6.07) is 19.6. The maximum absolute atomic E-state index is 13.7. The quantitative estimate of drug-likeness (QED) is 0.559. The molecule has 6 heteroatoms. The third-order valence-electron chi connectivity index (χ3n) is 6.29. The standard InChI is InChI=1S/C26H26N2O3S/c1-31-22-10-6-5-9-20(22)26(30)28(19-11-12-19)17-24(29)27-15-13-23-21(14-16-32-23)25(27)18-7-3-2-4-8-18/h2-10,14,16,19,25H,11-13,15,17H2,1H3/t25-/m0/s1. The maximum atomic E-state index is 13.7. The highest BCUT2D eigenvalue weighted by atomic mass is 32.1. The number of ether oxygens (including phenoxy) is 1. The van der Waals surface area contributed by atoms with Gasteiger partial charge in [0.1, 0.15) is 12.3 Å². The fourth-order valence-electron chi connectivity index (χ4n) is 4.55. The zero-order chi connectivity index (χ0) is 22.1. The number of rotatable bonds is 6. The molecule has 2 heterocycles. The first-order valence-electron chi connectivity index (χ1n) is 11.0. The van der Waals surface area contributed by atoms with Crippen LogP contribution < -0.4 is 4.74 Å². The van der Waals surface area contributed by atoms with Crippen LogP contribution in [0.2, 0.25) is 0 Å². The number of carbonyl (C=O) groups is 2. The Balaban J connectivity index is 1.43. The van der Waals surface area contributed by atoms with Gasteiger partial charge in [0.25, 0.3) is 5.91 Å². The van der Waals surface area contributed by atoms with Crippen molar-refractivity contribution in [1.82, 2.24) is 9.80 Å². The van der Waals surface area contributed by atoms with Crippen LogP contribution in [0.4, 0.5) is 0 Å². The Morgan fingerprint density at radius 2 is 1.81 bits per heavy atom. The maximum Gasteiger partial charge on any atom is 0.258 e. The van der Waals surface area contributed by atoms with Crippen LogP contribution in [-0.4, -0.2) is 47.9 Å². The molecule has 1 aromatic heterocycles. The van der Waals surface area contributed by atoms with E-state index in [4.69, 9.17) is 4.74 Å². The van der Waals surface area contributed by atoms with Gasteiger partial charge in [0, 0.05) is 17.5 Å². The molecule has 2 amide bonds. The zero-order valence-corrected chi connectivity index (χ0v) is 18.9. The average Bonchev–Trinajstić information content (AvgIpc) is 3.57. The van der Waals surface area contributed by atoms with Crippen molar-refractivity contribution >= 4 is 23.2 Å². The third kappa shape index (κ3) is 3.91. The Morgan fingerprint density at radius 3 is 2.56 bits per heavy atom. The van der Waals surface area contributed by atoms with Gasteiger partial charge in [-0.3, -0.25) is 9.59 Å². The van der Waals surface area contributed by atoms with Gasteiger partial charge >= 0.3 is 0 Å².